The van der Waals surface area contributed by atoms with Crippen molar-refractivity contribution in [3.05, 3.63) is 0 Å². The van der Waals surface area contributed by atoms with Gasteiger partial charge in [-0.2, -0.15) is 0 Å². The number of esters is 2. The molecule has 0 radical (unpaired) electrons. The summed E-state index contributed by atoms with van der Waals surface area (Å²) in [7, 11) is 0. The Morgan fingerprint density at radius 1 is 1.04 bits per heavy atom. The van der Waals surface area contributed by atoms with Gasteiger partial charge in [-0.25, -0.2) is 0 Å². The van der Waals surface area contributed by atoms with E-state index in [1.54, 1.807) is 20.8 Å². The first-order valence-corrected chi connectivity index (χ1v) is 8.09. The van der Waals surface area contributed by atoms with Crippen LogP contribution in [0.5, 0.6) is 0 Å². The van der Waals surface area contributed by atoms with Gasteiger partial charge in [0.1, 0.15) is 6.04 Å². The van der Waals surface area contributed by atoms with Crippen LogP contribution in [0.15, 0.2) is 0 Å². The minimum Gasteiger partial charge on any atom is -0.481 e. The van der Waals surface area contributed by atoms with E-state index >= 15 is 0 Å². The van der Waals surface area contributed by atoms with Gasteiger partial charge >= 0.3 is 17.9 Å². The minimum atomic E-state index is -1.48. The first-order valence-electron chi connectivity index (χ1n) is 8.09. The Labute approximate surface area is 143 Å². The topological polar surface area (TPSA) is 116 Å². The van der Waals surface area contributed by atoms with E-state index in [4.69, 9.17) is 20.3 Å². The number of carboxylic acid groups (broad SMARTS) is 1. The lowest BCUT2D eigenvalue weighted by molar-refractivity contribution is -0.223. The van der Waals surface area contributed by atoms with Crippen molar-refractivity contribution in [1.29, 1.82) is 0 Å². The highest BCUT2D eigenvalue weighted by atomic mass is 16.7. The zero-order chi connectivity index (χ0) is 19.3. The zero-order valence-electron chi connectivity index (χ0n) is 15.7. The quantitative estimate of drug-likeness (QED) is 0.512. The Morgan fingerprint density at radius 2 is 1.54 bits per heavy atom. The summed E-state index contributed by atoms with van der Waals surface area (Å²) in [6, 6.07) is -1.10. The first-order chi connectivity index (χ1) is 10.7. The smallest absolute Gasteiger partial charge is 0.326 e. The van der Waals surface area contributed by atoms with E-state index in [9.17, 15) is 14.4 Å². The second-order valence-corrected chi connectivity index (χ2v) is 7.97. The van der Waals surface area contributed by atoms with E-state index in [0.717, 1.165) is 0 Å². The largest absolute Gasteiger partial charge is 0.481 e. The van der Waals surface area contributed by atoms with Crippen LogP contribution < -0.4 is 5.73 Å². The Bertz CT molecular complexity index is 464. The molecule has 0 bridgehead atoms. The third-order valence-corrected chi connectivity index (χ3v) is 3.29. The van der Waals surface area contributed by atoms with Gasteiger partial charge in [0, 0.05) is 13.8 Å². The molecule has 24 heavy (non-hydrogen) atoms. The van der Waals surface area contributed by atoms with Gasteiger partial charge in [0.2, 0.25) is 0 Å². The summed E-state index contributed by atoms with van der Waals surface area (Å²) in [4.78, 5) is 35.2. The molecule has 0 heterocycles. The number of rotatable bonds is 8. The summed E-state index contributed by atoms with van der Waals surface area (Å²) in [5, 5.41) is 8.99. The number of carboxylic acids is 1. The number of hydrogen-bond acceptors (Lipinski definition) is 6. The molecule has 0 saturated heterocycles. The third kappa shape index (κ3) is 8.29. The van der Waals surface area contributed by atoms with Crippen LogP contribution in [0.3, 0.4) is 0 Å². The van der Waals surface area contributed by atoms with Crippen LogP contribution >= 0.6 is 0 Å². The molecule has 0 fully saturated rings. The van der Waals surface area contributed by atoms with E-state index in [2.05, 4.69) is 0 Å². The summed E-state index contributed by atoms with van der Waals surface area (Å²) in [6.45, 7) is 11.8. The summed E-state index contributed by atoms with van der Waals surface area (Å²) in [5.41, 5.74) is 5.16. The Hall–Kier alpha value is -1.63. The van der Waals surface area contributed by atoms with Crippen molar-refractivity contribution in [3.63, 3.8) is 0 Å². The summed E-state index contributed by atoms with van der Waals surface area (Å²) in [5.74, 6) is -4.18. The van der Waals surface area contributed by atoms with Gasteiger partial charge in [0.15, 0.2) is 0 Å². The molecule has 0 amide bonds. The molecule has 2 atom stereocenters. The van der Waals surface area contributed by atoms with Crippen molar-refractivity contribution >= 4 is 17.9 Å². The number of hydrogen-bond donors (Lipinski definition) is 2. The fourth-order valence-electron chi connectivity index (χ4n) is 2.09. The monoisotopic (exact) mass is 345 g/mol. The van der Waals surface area contributed by atoms with Gasteiger partial charge < -0.3 is 20.3 Å². The number of carbonyl (C=O) groups excluding carboxylic acids is 2. The number of ether oxygens (including phenoxy) is 2. The molecule has 0 rings (SSSR count). The van der Waals surface area contributed by atoms with Crippen LogP contribution in [-0.2, 0) is 23.9 Å². The molecular formula is C17H31NO6. The van der Waals surface area contributed by atoms with Crippen molar-refractivity contribution < 1.29 is 29.0 Å². The molecule has 140 valence electrons. The van der Waals surface area contributed by atoms with Gasteiger partial charge in [-0.15, -0.1) is 0 Å². The highest BCUT2D eigenvalue weighted by Crippen LogP contribution is 2.24. The third-order valence-electron chi connectivity index (χ3n) is 3.29. The summed E-state index contributed by atoms with van der Waals surface area (Å²) in [6.07, 6.45) is 0.251. The van der Waals surface area contributed by atoms with Crippen molar-refractivity contribution in [2.24, 2.45) is 23.0 Å². The lowest BCUT2D eigenvalue weighted by Crippen LogP contribution is -2.46. The number of carbonyl (C=O) groups is 3. The molecule has 7 heteroatoms. The van der Waals surface area contributed by atoms with E-state index in [1.165, 1.54) is 13.8 Å². The molecule has 0 aromatic carbocycles. The average molecular weight is 345 g/mol. The Balaban J connectivity index is 4.97. The standard InChI is InChI=1S/C17H31NO6/c1-10(2)8-11(9-12(19)20)13(18)14(21)23-17(6,7)24-15(22)16(3,4)5/h10-11,13H,8-9,18H2,1-7H3,(H,19,20). The van der Waals surface area contributed by atoms with E-state index in [0.29, 0.717) is 6.42 Å². The number of nitrogens with two attached hydrogens (primary N) is 1. The normalized spacial score (nSPS) is 14.9. The van der Waals surface area contributed by atoms with Crippen molar-refractivity contribution in [2.75, 3.05) is 0 Å². The molecule has 3 N–H and O–H groups in total. The highest BCUT2D eigenvalue weighted by molar-refractivity contribution is 5.79. The molecular weight excluding hydrogens is 314 g/mol. The fraction of sp³-hybridized carbons (Fsp3) is 0.824. The van der Waals surface area contributed by atoms with Gasteiger partial charge in [0.05, 0.1) is 11.8 Å². The zero-order valence-corrected chi connectivity index (χ0v) is 15.7. The maximum atomic E-state index is 12.3. The second kappa shape index (κ2) is 8.46. The SMILES string of the molecule is CC(C)CC(CC(=O)O)C(N)C(=O)OC(C)(C)OC(=O)C(C)(C)C. The van der Waals surface area contributed by atoms with Crippen molar-refractivity contribution in [2.45, 2.75) is 73.1 Å². The highest BCUT2D eigenvalue weighted by Gasteiger charge is 2.36. The molecule has 0 spiro atoms. The molecule has 0 saturated carbocycles. The van der Waals surface area contributed by atoms with Crippen LogP contribution in [-0.4, -0.2) is 34.8 Å². The number of aliphatic carboxylic acids is 1. The van der Waals surface area contributed by atoms with Crippen molar-refractivity contribution in [3.8, 4) is 0 Å². The lowest BCUT2D eigenvalue weighted by atomic mass is 9.88. The van der Waals surface area contributed by atoms with Gasteiger partial charge in [-0.05, 0) is 39.0 Å². The maximum absolute atomic E-state index is 12.3. The van der Waals surface area contributed by atoms with E-state index < -0.39 is 41.1 Å². The van der Waals surface area contributed by atoms with Gasteiger partial charge in [0.25, 0.3) is 5.79 Å². The first kappa shape index (κ1) is 22.4. The molecule has 7 nitrogen and oxygen atoms in total. The predicted molar refractivity (Wildman–Crippen MR) is 88.9 cm³/mol. The van der Waals surface area contributed by atoms with Crippen LogP contribution in [0.1, 0.15) is 61.3 Å². The molecule has 2 unspecified atom stereocenters. The predicted octanol–water partition coefficient (Wildman–Crippen LogP) is 2.32. The molecule has 0 aliphatic carbocycles. The molecule has 0 aliphatic heterocycles. The van der Waals surface area contributed by atoms with Crippen LogP contribution in [0, 0.1) is 17.3 Å². The lowest BCUT2D eigenvalue weighted by Gasteiger charge is -2.31. The molecule has 0 aliphatic rings. The maximum Gasteiger partial charge on any atom is 0.326 e. The fourth-order valence-corrected chi connectivity index (χ4v) is 2.09. The summed E-state index contributed by atoms with van der Waals surface area (Å²) < 4.78 is 10.4. The average Bonchev–Trinajstić information content (AvgIpc) is 2.33. The minimum absolute atomic E-state index is 0.180. The summed E-state index contributed by atoms with van der Waals surface area (Å²) >= 11 is 0. The van der Waals surface area contributed by atoms with Gasteiger partial charge in [-0.3, -0.25) is 14.4 Å². The van der Waals surface area contributed by atoms with E-state index in [1.807, 2.05) is 13.8 Å². The molecule has 0 aromatic heterocycles. The Morgan fingerprint density at radius 3 is 1.92 bits per heavy atom. The Kier molecular flexibility index (Phi) is 7.89. The van der Waals surface area contributed by atoms with Gasteiger partial charge in [-0.1, -0.05) is 13.8 Å². The van der Waals surface area contributed by atoms with Crippen LogP contribution in [0.2, 0.25) is 0 Å². The second-order valence-electron chi connectivity index (χ2n) is 7.97. The van der Waals surface area contributed by atoms with E-state index in [-0.39, 0.29) is 12.3 Å². The van der Waals surface area contributed by atoms with Crippen LogP contribution in [0.4, 0.5) is 0 Å². The van der Waals surface area contributed by atoms with Crippen LogP contribution in [0.25, 0.3) is 0 Å². The van der Waals surface area contributed by atoms with Crippen molar-refractivity contribution in [1.82, 2.24) is 0 Å². The molecule has 0 aromatic rings.